The molecule has 0 unspecified atom stereocenters. The van der Waals surface area contributed by atoms with Gasteiger partial charge >= 0.3 is 0 Å². The molecule has 0 bridgehead atoms. The van der Waals surface area contributed by atoms with Gasteiger partial charge in [0.15, 0.2) is 5.01 Å². The van der Waals surface area contributed by atoms with Gasteiger partial charge in [0.25, 0.3) is 0 Å². The molecule has 2 rings (SSSR count). The highest BCUT2D eigenvalue weighted by molar-refractivity contribution is 7.14. The van der Waals surface area contributed by atoms with Crippen molar-refractivity contribution in [1.29, 1.82) is 0 Å². The summed E-state index contributed by atoms with van der Waals surface area (Å²) >= 11 is 1.65. The molecule has 2 aromatic rings. The van der Waals surface area contributed by atoms with Gasteiger partial charge in [-0.2, -0.15) is 5.10 Å². The molecule has 104 valence electrons. The lowest BCUT2D eigenvalue weighted by Gasteiger charge is -2.20. The van der Waals surface area contributed by atoms with Crippen LogP contribution in [0.4, 0.5) is 0 Å². The van der Waals surface area contributed by atoms with Gasteiger partial charge in [0.05, 0.1) is 11.8 Å². The fourth-order valence-corrected chi connectivity index (χ4v) is 2.68. The molecule has 2 heterocycles. The summed E-state index contributed by atoms with van der Waals surface area (Å²) in [6.45, 7) is 9.53. The molecule has 0 aliphatic rings. The molecule has 0 aromatic carbocycles. The first-order chi connectivity index (χ1) is 8.96. The van der Waals surface area contributed by atoms with Crippen molar-refractivity contribution in [3.63, 3.8) is 0 Å². The van der Waals surface area contributed by atoms with Crippen LogP contribution in [0.1, 0.15) is 37.9 Å². The molecule has 0 atom stereocenters. The number of hydrogen-bond acceptors (Lipinski definition) is 5. The lowest BCUT2D eigenvalue weighted by atomic mass is 10.1. The second-order valence-electron chi connectivity index (χ2n) is 5.69. The van der Waals surface area contributed by atoms with Gasteiger partial charge < -0.3 is 5.32 Å². The van der Waals surface area contributed by atoms with E-state index in [2.05, 4.69) is 46.5 Å². The quantitative estimate of drug-likeness (QED) is 0.826. The number of aryl methyl sites for hydroxylation is 2. The highest BCUT2D eigenvalue weighted by Crippen LogP contribution is 2.25. The maximum Gasteiger partial charge on any atom is 0.151 e. The zero-order valence-corrected chi connectivity index (χ0v) is 12.8. The van der Waals surface area contributed by atoms with E-state index in [1.165, 1.54) is 0 Å². The molecule has 2 aromatic heterocycles. The van der Waals surface area contributed by atoms with Crippen molar-refractivity contribution in [2.24, 2.45) is 0 Å². The van der Waals surface area contributed by atoms with E-state index in [1.807, 2.05) is 6.92 Å². The van der Waals surface area contributed by atoms with E-state index < -0.39 is 0 Å². The van der Waals surface area contributed by atoms with Gasteiger partial charge in [-0.1, -0.05) is 11.3 Å². The van der Waals surface area contributed by atoms with Crippen LogP contribution in [0.25, 0.3) is 10.6 Å². The van der Waals surface area contributed by atoms with E-state index in [0.717, 1.165) is 40.7 Å². The number of nitrogens with zero attached hydrogens (tertiary/aromatic N) is 3. The van der Waals surface area contributed by atoms with Crippen molar-refractivity contribution in [2.75, 3.05) is 6.54 Å². The van der Waals surface area contributed by atoms with Crippen molar-refractivity contribution in [3.05, 3.63) is 16.9 Å². The molecule has 0 saturated heterocycles. The summed E-state index contributed by atoms with van der Waals surface area (Å²) in [5.74, 6) is 0. The Bertz CT molecular complexity index is 523. The highest BCUT2D eigenvalue weighted by atomic mass is 32.1. The third-order valence-corrected chi connectivity index (χ3v) is 3.77. The summed E-state index contributed by atoms with van der Waals surface area (Å²) in [4.78, 5) is 0. The third kappa shape index (κ3) is 4.11. The minimum Gasteiger partial charge on any atom is -0.312 e. The van der Waals surface area contributed by atoms with E-state index in [1.54, 1.807) is 17.5 Å². The Kier molecular flexibility index (Phi) is 4.31. The van der Waals surface area contributed by atoms with Gasteiger partial charge in [-0.25, -0.2) is 0 Å². The molecule has 0 saturated carbocycles. The number of hydrogen-bond donors (Lipinski definition) is 2. The van der Waals surface area contributed by atoms with E-state index >= 15 is 0 Å². The Morgan fingerprint density at radius 3 is 2.74 bits per heavy atom. The maximum atomic E-state index is 4.25. The molecule has 19 heavy (non-hydrogen) atoms. The minimum absolute atomic E-state index is 0.181. The maximum absolute atomic E-state index is 4.25. The highest BCUT2D eigenvalue weighted by Gasteiger charge is 2.11. The molecule has 0 aliphatic carbocycles. The Morgan fingerprint density at radius 1 is 1.32 bits per heavy atom. The van der Waals surface area contributed by atoms with Crippen LogP contribution >= 0.6 is 11.3 Å². The Morgan fingerprint density at radius 2 is 2.11 bits per heavy atom. The first kappa shape index (κ1) is 14.1. The van der Waals surface area contributed by atoms with Gasteiger partial charge in [-0.3, -0.25) is 5.10 Å². The molecule has 5 nitrogen and oxygen atoms in total. The first-order valence-electron chi connectivity index (χ1n) is 6.53. The molecular formula is C13H21N5S. The number of nitrogens with one attached hydrogen (secondary N) is 2. The van der Waals surface area contributed by atoms with E-state index in [9.17, 15) is 0 Å². The Labute approximate surface area is 117 Å². The van der Waals surface area contributed by atoms with Crippen LogP contribution in [-0.4, -0.2) is 32.5 Å². The topological polar surface area (TPSA) is 66.5 Å². The van der Waals surface area contributed by atoms with Crippen LogP contribution in [0.15, 0.2) is 6.20 Å². The second kappa shape index (κ2) is 5.79. The van der Waals surface area contributed by atoms with Crippen LogP contribution < -0.4 is 5.32 Å². The number of H-pyrrole nitrogens is 1. The van der Waals surface area contributed by atoms with Crippen molar-refractivity contribution >= 4 is 11.3 Å². The van der Waals surface area contributed by atoms with Gasteiger partial charge in [-0.05, 0) is 40.7 Å². The average molecular weight is 279 g/mol. The number of aromatic nitrogens is 4. The largest absolute Gasteiger partial charge is 0.312 e. The third-order valence-electron chi connectivity index (χ3n) is 2.75. The molecule has 0 radical (unpaired) electrons. The fourth-order valence-electron chi connectivity index (χ4n) is 1.73. The molecule has 2 N–H and O–H groups in total. The van der Waals surface area contributed by atoms with Gasteiger partial charge in [0.1, 0.15) is 5.01 Å². The average Bonchev–Trinajstić information content (AvgIpc) is 2.91. The van der Waals surface area contributed by atoms with Crippen molar-refractivity contribution in [3.8, 4) is 10.6 Å². The monoisotopic (exact) mass is 279 g/mol. The minimum atomic E-state index is 0.181. The van der Waals surface area contributed by atoms with Crippen LogP contribution in [0.2, 0.25) is 0 Å². The van der Waals surface area contributed by atoms with Crippen LogP contribution in [-0.2, 0) is 6.42 Å². The fraction of sp³-hybridized carbons (Fsp3) is 0.615. The zero-order chi connectivity index (χ0) is 13.9. The normalized spacial score (nSPS) is 12.0. The van der Waals surface area contributed by atoms with Crippen molar-refractivity contribution < 1.29 is 0 Å². The summed E-state index contributed by atoms with van der Waals surface area (Å²) < 4.78 is 0. The standard InChI is InChI=1S/C13H21N5S/c1-9-10(8-15-16-9)12-18-17-11(19-12)6-5-7-14-13(2,3)4/h8,14H,5-7H2,1-4H3,(H,15,16). The lowest BCUT2D eigenvalue weighted by Crippen LogP contribution is -2.36. The number of rotatable bonds is 5. The van der Waals surface area contributed by atoms with E-state index in [-0.39, 0.29) is 5.54 Å². The van der Waals surface area contributed by atoms with E-state index in [4.69, 9.17) is 0 Å². The Hall–Kier alpha value is -1.27. The number of aromatic amines is 1. The Balaban J connectivity index is 1.87. The summed E-state index contributed by atoms with van der Waals surface area (Å²) in [6.07, 6.45) is 3.86. The van der Waals surface area contributed by atoms with Gasteiger partial charge in [-0.15, -0.1) is 10.2 Å². The van der Waals surface area contributed by atoms with E-state index in [0.29, 0.717) is 0 Å². The molecule has 0 spiro atoms. The second-order valence-corrected chi connectivity index (χ2v) is 6.75. The molecule has 0 fully saturated rings. The van der Waals surface area contributed by atoms with Crippen molar-refractivity contribution in [2.45, 2.75) is 46.1 Å². The smallest absolute Gasteiger partial charge is 0.151 e. The molecule has 0 aliphatic heterocycles. The summed E-state index contributed by atoms with van der Waals surface area (Å²) in [6, 6.07) is 0. The molecule has 0 amide bonds. The van der Waals surface area contributed by atoms with Crippen molar-refractivity contribution in [1.82, 2.24) is 25.7 Å². The van der Waals surface area contributed by atoms with Gasteiger partial charge in [0, 0.05) is 17.7 Å². The summed E-state index contributed by atoms with van der Waals surface area (Å²) in [7, 11) is 0. The zero-order valence-electron chi connectivity index (χ0n) is 11.9. The SMILES string of the molecule is Cc1[nH]ncc1-c1nnc(CCCNC(C)(C)C)s1. The molecular weight excluding hydrogens is 258 g/mol. The lowest BCUT2D eigenvalue weighted by molar-refractivity contribution is 0.422. The predicted molar refractivity (Wildman–Crippen MR) is 78.3 cm³/mol. The van der Waals surface area contributed by atoms with Crippen LogP contribution in [0.3, 0.4) is 0 Å². The van der Waals surface area contributed by atoms with Crippen LogP contribution in [0, 0.1) is 6.92 Å². The van der Waals surface area contributed by atoms with Crippen LogP contribution in [0.5, 0.6) is 0 Å². The summed E-state index contributed by atoms with van der Waals surface area (Å²) in [5, 5.41) is 20.9. The van der Waals surface area contributed by atoms with Gasteiger partial charge in [0.2, 0.25) is 0 Å². The first-order valence-corrected chi connectivity index (χ1v) is 7.35. The summed E-state index contributed by atoms with van der Waals surface area (Å²) in [5.41, 5.74) is 2.27. The predicted octanol–water partition coefficient (Wildman–Crippen LogP) is 2.56. The molecule has 6 heteroatoms.